The molecule has 1 aliphatic heterocycles. The van der Waals surface area contributed by atoms with Crippen LogP contribution in [0.1, 0.15) is 17.4 Å². The lowest BCUT2D eigenvalue weighted by Crippen LogP contribution is -2.28. The Morgan fingerprint density at radius 2 is 2.54 bits per heavy atom. The molecule has 1 unspecified atom stereocenters. The van der Waals surface area contributed by atoms with Crippen molar-refractivity contribution in [2.75, 3.05) is 11.9 Å². The number of aromatic carboxylic acids is 1. The number of hydrogen-bond donors (Lipinski definition) is 2. The number of ether oxygens (including phenoxy) is 1. The maximum Gasteiger partial charge on any atom is 0.360 e. The van der Waals surface area contributed by atoms with Crippen LogP contribution in [-0.2, 0) is 0 Å². The van der Waals surface area contributed by atoms with Gasteiger partial charge in [0.1, 0.15) is 6.61 Å². The van der Waals surface area contributed by atoms with Crippen LogP contribution in [0.2, 0.25) is 0 Å². The van der Waals surface area contributed by atoms with Crippen LogP contribution in [0.15, 0.2) is 4.52 Å². The van der Waals surface area contributed by atoms with Gasteiger partial charge in [0.2, 0.25) is 5.69 Å². The van der Waals surface area contributed by atoms with Crippen LogP contribution >= 0.6 is 0 Å². The Kier molecular flexibility index (Phi) is 1.61. The fourth-order valence-electron chi connectivity index (χ4n) is 1.14. The fraction of sp³-hybridized carbons (Fsp3) is 0.429. The largest absolute Gasteiger partial charge is 0.476 e. The lowest BCUT2D eigenvalue weighted by atomic mass is 10.2. The average Bonchev–Trinajstić information content (AvgIpc) is 2.46. The second-order valence-electron chi connectivity index (χ2n) is 2.86. The first-order valence-electron chi connectivity index (χ1n) is 3.81. The first-order chi connectivity index (χ1) is 6.18. The minimum absolute atomic E-state index is 0.0602. The molecule has 0 bridgehead atoms. The van der Waals surface area contributed by atoms with E-state index in [-0.39, 0.29) is 17.7 Å². The zero-order chi connectivity index (χ0) is 9.42. The van der Waals surface area contributed by atoms with E-state index in [9.17, 15) is 4.79 Å². The van der Waals surface area contributed by atoms with Gasteiger partial charge in [-0.05, 0) is 6.92 Å². The second-order valence-corrected chi connectivity index (χ2v) is 2.86. The Hall–Kier alpha value is -1.72. The lowest BCUT2D eigenvalue weighted by molar-refractivity contribution is 0.0686. The van der Waals surface area contributed by atoms with Gasteiger partial charge < -0.3 is 19.7 Å². The first kappa shape index (κ1) is 7.90. The number of hydrogen-bond acceptors (Lipinski definition) is 5. The summed E-state index contributed by atoms with van der Waals surface area (Å²) in [5.74, 6) is -0.981. The molecule has 6 heteroatoms. The van der Waals surface area contributed by atoms with Gasteiger partial charge in [0.05, 0.1) is 6.04 Å². The van der Waals surface area contributed by atoms with E-state index in [0.717, 1.165) is 0 Å². The van der Waals surface area contributed by atoms with Crippen molar-refractivity contribution >= 4 is 11.7 Å². The van der Waals surface area contributed by atoms with Gasteiger partial charge in [-0.3, -0.25) is 0 Å². The van der Waals surface area contributed by atoms with Crippen molar-refractivity contribution in [2.24, 2.45) is 0 Å². The summed E-state index contributed by atoms with van der Waals surface area (Å²) in [4.78, 5) is 10.6. The molecule has 0 aliphatic carbocycles. The van der Waals surface area contributed by atoms with E-state index >= 15 is 0 Å². The Morgan fingerprint density at radius 1 is 1.77 bits per heavy atom. The fourth-order valence-corrected chi connectivity index (χ4v) is 1.14. The molecule has 1 aromatic heterocycles. The molecule has 1 aliphatic rings. The van der Waals surface area contributed by atoms with E-state index in [1.165, 1.54) is 0 Å². The number of carboxylic acids is 1. The minimum Gasteiger partial charge on any atom is -0.476 e. The molecule has 0 aromatic carbocycles. The molecule has 0 saturated carbocycles. The number of rotatable bonds is 1. The van der Waals surface area contributed by atoms with Gasteiger partial charge in [0.15, 0.2) is 5.69 Å². The smallest absolute Gasteiger partial charge is 0.360 e. The molecule has 2 N–H and O–H groups in total. The van der Waals surface area contributed by atoms with Gasteiger partial charge in [-0.25, -0.2) is 4.79 Å². The number of anilines is 1. The highest BCUT2D eigenvalue weighted by molar-refractivity contribution is 5.93. The standard InChI is InChI=1S/C7H8N2O4/c1-3-2-12-7-5(8-3)4(6(10)11)9-13-7/h3,8H,2H2,1H3,(H,10,11). The molecule has 0 saturated heterocycles. The summed E-state index contributed by atoms with van der Waals surface area (Å²) in [5.41, 5.74) is 0.188. The van der Waals surface area contributed by atoms with Gasteiger partial charge in [-0.1, -0.05) is 5.16 Å². The number of nitrogens with one attached hydrogen (secondary N) is 1. The van der Waals surface area contributed by atoms with Crippen molar-refractivity contribution in [1.82, 2.24) is 5.16 Å². The molecule has 0 radical (unpaired) electrons. The summed E-state index contributed by atoms with van der Waals surface area (Å²) in [6.07, 6.45) is 0. The van der Waals surface area contributed by atoms with Crippen molar-refractivity contribution < 1.29 is 19.2 Å². The molecule has 70 valence electrons. The number of carbonyl (C=O) groups is 1. The zero-order valence-corrected chi connectivity index (χ0v) is 6.90. The normalized spacial score (nSPS) is 19.9. The van der Waals surface area contributed by atoms with Gasteiger partial charge in [-0.2, -0.15) is 0 Å². The van der Waals surface area contributed by atoms with Crippen LogP contribution in [0.5, 0.6) is 5.95 Å². The summed E-state index contributed by atoms with van der Waals surface area (Å²) >= 11 is 0. The van der Waals surface area contributed by atoms with Crippen LogP contribution in [0, 0.1) is 0 Å². The third-order valence-corrected chi connectivity index (χ3v) is 1.72. The molecule has 0 fully saturated rings. The number of fused-ring (bicyclic) bond motifs is 1. The molecule has 0 spiro atoms. The van der Waals surface area contributed by atoms with Crippen LogP contribution in [0.3, 0.4) is 0 Å². The van der Waals surface area contributed by atoms with Gasteiger partial charge in [0, 0.05) is 0 Å². The van der Waals surface area contributed by atoms with Gasteiger partial charge >= 0.3 is 11.9 Å². The Labute approximate surface area is 73.5 Å². The van der Waals surface area contributed by atoms with Crippen molar-refractivity contribution in [2.45, 2.75) is 13.0 Å². The summed E-state index contributed by atoms with van der Waals surface area (Å²) in [5, 5.41) is 15.0. The van der Waals surface area contributed by atoms with E-state index in [4.69, 9.17) is 9.84 Å². The Bertz CT molecular complexity index is 346. The van der Waals surface area contributed by atoms with Crippen molar-refractivity contribution in [3.8, 4) is 5.95 Å². The number of nitrogens with zero attached hydrogens (tertiary/aromatic N) is 1. The van der Waals surface area contributed by atoms with Crippen molar-refractivity contribution in [3.05, 3.63) is 5.69 Å². The number of aromatic nitrogens is 1. The van der Waals surface area contributed by atoms with E-state index in [2.05, 4.69) is 15.0 Å². The maximum atomic E-state index is 10.6. The highest BCUT2D eigenvalue weighted by Gasteiger charge is 2.27. The molecule has 6 nitrogen and oxygen atoms in total. The molecular formula is C7H8N2O4. The first-order valence-corrected chi connectivity index (χ1v) is 3.81. The van der Waals surface area contributed by atoms with Crippen LogP contribution < -0.4 is 10.1 Å². The summed E-state index contributed by atoms with van der Waals surface area (Å²) in [6, 6.07) is 0.0602. The molecule has 2 heterocycles. The minimum atomic E-state index is -1.13. The summed E-state index contributed by atoms with van der Waals surface area (Å²) in [6.45, 7) is 2.32. The predicted molar refractivity (Wildman–Crippen MR) is 42.0 cm³/mol. The molecular weight excluding hydrogens is 176 g/mol. The Balaban J connectivity index is 2.41. The molecule has 0 amide bonds. The summed E-state index contributed by atoms with van der Waals surface area (Å²) in [7, 11) is 0. The third kappa shape index (κ3) is 1.20. The molecule has 1 atom stereocenters. The summed E-state index contributed by atoms with van der Waals surface area (Å²) < 4.78 is 9.79. The molecule has 13 heavy (non-hydrogen) atoms. The van der Waals surface area contributed by atoms with Crippen molar-refractivity contribution in [3.63, 3.8) is 0 Å². The van der Waals surface area contributed by atoms with Crippen LogP contribution in [0.25, 0.3) is 0 Å². The highest BCUT2D eigenvalue weighted by Crippen LogP contribution is 2.31. The Morgan fingerprint density at radius 3 is 3.23 bits per heavy atom. The van der Waals surface area contributed by atoms with E-state index in [0.29, 0.717) is 12.3 Å². The van der Waals surface area contributed by atoms with Gasteiger partial charge in [0.25, 0.3) is 0 Å². The lowest BCUT2D eigenvalue weighted by Gasteiger charge is -2.19. The third-order valence-electron chi connectivity index (χ3n) is 1.72. The van der Waals surface area contributed by atoms with Crippen LogP contribution in [0.4, 0.5) is 5.69 Å². The van der Waals surface area contributed by atoms with Crippen LogP contribution in [-0.4, -0.2) is 28.9 Å². The predicted octanol–water partition coefficient (Wildman–Crippen LogP) is 0.566. The van der Waals surface area contributed by atoms with E-state index in [1.54, 1.807) is 0 Å². The quantitative estimate of drug-likeness (QED) is 0.663. The topological polar surface area (TPSA) is 84.6 Å². The number of carboxylic acid groups (broad SMARTS) is 1. The SMILES string of the molecule is CC1COc2onc(C(=O)O)c2N1. The molecule has 2 rings (SSSR count). The highest BCUT2D eigenvalue weighted by atomic mass is 16.6. The monoisotopic (exact) mass is 184 g/mol. The molecule has 1 aromatic rings. The maximum absolute atomic E-state index is 10.6. The van der Waals surface area contributed by atoms with Gasteiger partial charge in [-0.15, -0.1) is 0 Å². The van der Waals surface area contributed by atoms with Crippen molar-refractivity contribution in [1.29, 1.82) is 0 Å². The van der Waals surface area contributed by atoms with E-state index in [1.807, 2.05) is 6.92 Å². The average molecular weight is 184 g/mol. The zero-order valence-electron chi connectivity index (χ0n) is 6.90. The van der Waals surface area contributed by atoms with E-state index < -0.39 is 5.97 Å². The second kappa shape index (κ2) is 2.65.